The Bertz CT molecular complexity index is 644. The Morgan fingerprint density at radius 1 is 1.09 bits per heavy atom. The van der Waals surface area contributed by atoms with Crippen LogP contribution in [0.2, 0.25) is 0 Å². The van der Waals surface area contributed by atoms with Crippen molar-refractivity contribution >= 4 is 11.8 Å². The van der Waals surface area contributed by atoms with Gasteiger partial charge >= 0.3 is 0 Å². The molecule has 0 radical (unpaired) electrons. The summed E-state index contributed by atoms with van der Waals surface area (Å²) in [5.41, 5.74) is 1.38. The van der Waals surface area contributed by atoms with Crippen molar-refractivity contribution in [3.8, 4) is 0 Å². The molecule has 0 aliphatic rings. The molecule has 23 heavy (non-hydrogen) atoms. The van der Waals surface area contributed by atoms with Crippen LogP contribution in [0.3, 0.4) is 0 Å². The zero-order valence-electron chi connectivity index (χ0n) is 13.2. The highest BCUT2D eigenvalue weighted by Crippen LogP contribution is 2.05. The van der Waals surface area contributed by atoms with E-state index < -0.39 is 6.04 Å². The molecule has 0 aliphatic carbocycles. The molecule has 0 aliphatic heterocycles. The smallest absolute Gasteiger partial charge is 0.252 e. The van der Waals surface area contributed by atoms with Crippen LogP contribution in [0.25, 0.3) is 0 Å². The first-order valence-corrected chi connectivity index (χ1v) is 7.45. The summed E-state index contributed by atoms with van der Waals surface area (Å²) >= 11 is 0. The number of hydrogen-bond acceptors (Lipinski definition) is 4. The van der Waals surface area contributed by atoms with E-state index >= 15 is 0 Å². The summed E-state index contributed by atoms with van der Waals surface area (Å²) in [5, 5.41) is 5.61. The third-order valence-electron chi connectivity index (χ3n) is 3.37. The SMILES string of the molecule is CC(C)[C@H](NC(=O)c1ccncc1)C(=O)NCc1cccnc1. The molecule has 6 nitrogen and oxygen atoms in total. The fraction of sp³-hybridized carbons (Fsp3) is 0.294. The van der Waals surface area contributed by atoms with Crippen LogP contribution in [0.4, 0.5) is 0 Å². The van der Waals surface area contributed by atoms with Gasteiger partial charge in [0.1, 0.15) is 6.04 Å². The molecule has 0 aromatic carbocycles. The first-order valence-electron chi connectivity index (χ1n) is 7.45. The minimum Gasteiger partial charge on any atom is -0.350 e. The van der Waals surface area contributed by atoms with Crippen molar-refractivity contribution in [2.75, 3.05) is 0 Å². The lowest BCUT2D eigenvalue weighted by atomic mass is 10.0. The second kappa shape index (κ2) is 8.03. The van der Waals surface area contributed by atoms with E-state index in [9.17, 15) is 9.59 Å². The van der Waals surface area contributed by atoms with Crippen LogP contribution >= 0.6 is 0 Å². The number of amides is 2. The van der Waals surface area contributed by atoms with Gasteiger partial charge < -0.3 is 10.6 Å². The second-order valence-electron chi connectivity index (χ2n) is 5.51. The van der Waals surface area contributed by atoms with Gasteiger partial charge in [-0.2, -0.15) is 0 Å². The van der Waals surface area contributed by atoms with Gasteiger partial charge in [-0.05, 0) is 29.7 Å². The maximum atomic E-state index is 12.4. The molecule has 1 atom stereocenters. The molecule has 2 rings (SSSR count). The van der Waals surface area contributed by atoms with E-state index in [4.69, 9.17) is 0 Å². The first kappa shape index (κ1) is 16.6. The normalized spacial score (nSPS) is 11.8. The van der Waals surface area contributed by atoms with Crippen molar-refractivity contribution in [3.05, 3.63) is 60.2 Å². The predicted molar refractivity (Wildman–Crippen MR) is 86.4 cm³/mol. The Morgan fingerprint density at radius 2 is 1.83 bits per heavy atom. The topological polar surface area (TPSA) is 84.0 Å². The number of rotatable bonds is 6. The highest BCUT2D eigenvalue weighted by Gasteiger charge is 2.24. The Hall–Kier alpha value is -2.76. The Labute approximate surface area is 135 Å². The molecule has 6 heteroatoms. The van der Waals surface area contributed by atoms with Crippen LogP contribution in [-0.2, 0) is 11.3 Å². The molecular weight excluding hydrogens is 292 g/mol. The lowest BCUT2D eigenvalue weighted by Crippen LogP contribution is -2.49. The van der Waals surface area contributed by atoms with Crippen molar-refractivity contribution in [2.45, 2.75) is 26.4 Å². The summed E-state index contributed by atoms with van der Waals surface area (Å²) in [6.07, 6.45) is 6.46. The summed E-state index contributed by atoms with van der Waals surface area (Å²) in [4.78, 5) is 32.5. The maximum Gasteiger partial charge on any atom is 0.252 e. The van der Waals surface area contributed by atoms with Gasteiger partial charge in [-0.1, -0.05) is 19.9 Å². The fourth-order valence-corrected chi connectivity index (χ4v) is 2.06. The third-order valence-corrected chi connectivity index (χ3v) is 3.37. The molecule has 2 heterocycles. The summed E-state index contributed by atoms with van der Waals surface area (Å²) in [5.74, 6) is -0.538. The first-order chi connectivity index (χ1) is 11.1. The number of carbonyl (C=O) groups excluding carboxylic acids is 2. The maximum absolute atomic E-state index is 12.4. The van der Waals surface area contributed by atoms with Gasteiger partial charge in [0.15, 0.2) is 0 Å². The van der Waals surface area contributed by atoms with Crippen molar-refractivity contribution in [2.24, 2.45) is 5.92 Å². The molecule has 2 aromatic rings. The number of aromatic nitrogens is 2. The molecule has 0 unspecified atom stereocenters. The van der Waals surface area contributed by atoms with Crippen LogP contribution < -0.4 is 10.6 Å². The minimum absolute atomic E-state index is 0.0327. The van der Waals surface area contributed by atoms with E-state index in [1.165, 1.54) is 0 Å². The lowest BCUT2D eigenvalue weighted by Gasteiger charge is -2.21. The van der Waals surface area contributed by atoms with Crippen LogP contribution in [0.15, 0.2) is 49.1 Å². The van der Waals surface area contributed by atoms with Gasteiger partial charge in [0, 0.05) is 36.9 Å². The standard InChI is InChI=1S/C17H20N4O2/c1-12(2)15(21-16(22)14-5-8-18-9-6-14)17(23)20-11-13-4-3-7-19-10-13/h3-10,12,15H,11H2,1-2H3,(H,20,23)(H,21,22)/t15-/m0/s1. The van der Waals surface area contributed by atoms with Gasteiger partial charge in [-0.25, -0.2) is 0 Å². The quantitative estimate of drug-likeness (QED) is 0.847. The van der Waals surface area contributed by atoms with E-state index in [0.717, 1.165) is 5.56 Å². The van der Waals surface area contributed by atoms with Crippen molar-refractivity contribution in [1.82, 2.24) is 20.6 Å². The van der Waals surface area contributed by atoms with Crippen LogP contribution in [-0.4, -0.2) is 27.8 Å². The fourth-order valence-electron chi connectivity index (χ4n) is 2.06. The van der Waals surface area contributed by atoms with Crippen molar-refractivity contribution in [3.63, 3.8) is 0 Å². The largest absolute Gasteiger partial charge is 0.350 e. The highest BCUT2D eigenvalue weighted by atomic mass is 16.2. The Kier molecular flexibility index (Phi) is 5.80. The molecule has 0 saturated carbocycles. The summed E-state index contributed by atoms with van der Waals surface area (Å²) in [7, 11) is 0. The number of nitrogens with one attached hydrogen (secondary N) is 2. The van der Waals surface area contributed by atoms with Gasteiger partial charge in [0.05, 0.1) is 0 Å². The lowest BCUT2D eigenvalue weighted by molar-refractivity contribution is -0.124. The molecular formula is C17H20N4O2. The number of pyridine rings is 2. The average molecular weight is 312 g/mol. The van der Waals surface area contributed by atoms with Crippen LogP contribution in [0, 0.1) is 5.92 Å². The van der Waals surface area contributed by atoms with Gasteiger partial charge in [-0.15, -0.1) is 0 Å². The zero-order valence-corrected chi connectivity index (χ0v) is 13.2. The molecule has 2 N–H and O–H groups in total. The molecule has 0 spiro atoms. The van der Waals surface area contributed by atoms with E-state index in [1.54, 1.807) is 36.9 Å². The number of hydrogen-bond donors (Lipinski definition) is 2. The van der Waals surface area contributed by atoms with Crippen molar-refractivity contribution in [1.29, 1.82) is 0 Å². The van der Waals surface area contributed by atoms with E-state index in [2.05, 4.69) is 20.6 Å². The molecule has 0 saturated heterocycles. The van der Waals surface area contributed by atoms with Crippen LogP contribution in [0.1, 0.15) is 29.8 Å². The van der Waals surface area contributed by atoms with Crippen LogP contribution in [0.5, 0.6) is 0 Å². The average Bonchev–Trinajstić information content (AvgIpc) is 2.58. The predicted octanol–water partition coefficient (Wildman–Crippen LogP) is 1.55. The second-order valence-corrected chi connectivity index (χ2v) is 5.51. The van der Waals surface area contributed by atoms with E-state index in [-0.39, 0.29) is 17.7 Å². The van der Waals surface area contributed by atoms with E-state index in [1.807, 2.05) is 26.0 Å². The number of carbonyl (C=O) groups is 2. The van der Waals surface area contributed by atoms with Gasteiger partial charge in [-0.3, -0.25) is 19.6 Å². The Morgan fingerprint density at radius 3 is 2.43 bits per heavy atom. The van der Waals surface area contributed by atoms with Gasteiger partial charge in [0.25, 0.3) is 5.91 Å². The minimum atomic E-state index is -0.604. The van der Waals surface area contributed by atoms with Crippen molar-refractivity contribution < 1.29 is 9.59 Å². The van der Waals surface area contributed by atoms with E-state index in [0.29, 0.717) is 12.1 Å². The Balaban J connectivity index is 1.97. The number of nitrogens with zero attached hydrogens (tertiary/aromatic N) is 2. The summed E-state index contributed by atoms with van der Waals surface area (Å²) in [6, 6.07) is 6.31. The molecule has 0 bridgehead atoms. The van der Waals surface area contributed by atoms with Gasteiger partial charge in [0.2, 0.25) is 5.91 Å². The molecule has 120 valence electrons. The molecule has 0 fully saturated rings. The monoisotopic (exact) mass is 312 g/mol. The zero-order chi connectivity index (χ0) is 16.7. The third kappa shape index (κ3) is 4.88. The summed E-state index contributed by atoms with van der Waals surface area (Å²) in [6.45, 7) is 4.16. The molecule has 2 aromatic heterocycles. The molecule has 2 amide bonds. The highest BCUT2D eigenvalue weighted by molar-refractivity contribution is 5.97. The summed E-state index contributed by atoms with van der Waals surface area (Å²) < 4.78 is 0.